The standard InChI is InChI=1S/C15H28N2O4S/c1-11(2)16-14(18)8-5-9-15(19)17-12-6-4-7-13(10-12)22(3,20)21/h11-13H,4-10H2,1-3H3,(H,16,18)(H,17,19)/t12-,13+/m0/s1. The number of hydrogen-bond acceptors (Lipinski definition) is 4. The summed E-state index contributed by atoms with van der Waals surface area (Å²) >= 11 is 0. The quantitative estimate of drug-likeness (QED) is 0.731. The molecule has 0 aromatic heterocycles. The van der Waals surface area contributed by atoms with Crippen LogP contribution in [0.2, 0.25) is 0 Å². The molecule has 1 saturated carbocycles. The van der Waals surface area contributed by atoms with Crippen LogP contribution in [-0.4, -0.2) is 43.8 Å². The maximum absolute atomic E-state index is 11.9. The summed E-state index contributed by atoms with van der Waals surface area (Å²) in [5, 5.41) is 5.34. The fraction of sp³-hybridized carbons (Fsp3) is 0.867. The molecule has 0 heterocycles. The number of sulfone groups is 1. The normalized spacial score (nSPS) is 22.4. The van der Waals surface area contributed by atoms with Gasteiger partial charge in [0.2, 0.25) is 11.8 Å². The number of amides is 2. The van der Waals surface area contributed by atoms with Gasteiger partial charge in [0.25, 0.3) is 0 Å². The zero-order chi connectivity index (χ0) is 16.8. The lowest BCUT2D eigenvalue weighted by atomic mass is 9.95. The highest BCUT2D eigenvalue weighted by Crippen LogP contribution is 2.23. The number of hydrogen-bond donors (Lipinski definition) is 2. The Morgan fingerprint density at radius 2 is 1.77 bits per heavy atom. The average Bonchev–Trinajstić information content (AvgIpc) is 2.37. The molecule has 2 atom stereocenters. The Balaban J connectivity index is 2.29. The second-order valence-corrected chi connectivity index (χ2v) is 8.78. The lowest BCUT2D eigenvalue weighted by Crippen LogP contribution is -2.41. The molecule has 0 aromatic carbocycles. The van der Waals surface area contributed by atoms with Crippen LogP contribution in [0, 0.1) is 0 Å². The molecule has 1 fully saturated rings. The number of nitrogens with one attached hydrogen (secondary N) is 2. The van der Waals surface area contributed by atoms with Crippen LogP contribution in [-0.2, 0) is 19.4 Å². The Kier molecular flexibility index (Phi) is 7.32. The molecule has 0 unspecified atom stereocenters. The highest BCUT2D eigenvalue weighted by atomic mass is 32.2. The Labute approximate surface area is 133 Å². The monoisotopic (exact) mass is 332 g/mol. The fourth-order valence-corrected chi connectivity index (χ4v) is 3.95. The Morgan fingerprint density at radius 1 is 1.14 bits per heavy atom. The van der Waals surface area contributed by atoms with E-state index in [1.807, 2.05) is 13.8 Å². The maximum Gasteiger partial charge on any atom is 0.220 e. The Hall–Kier alpha value is -1.11. The molecule has 6 nitrogen and oxygen atoms in total. The van der Waals surface area contributed by atoms with Gasteiger partial charge < -0.3 is 10.6 Å². The lowest BCUT2D eigenvalue weighted by Gasteiger charge is -2.28. The van der Waals surface area contributed by atoms with Crippen molar-refractivity contribution in [2.45, 2.75) is 76.1 Å². The van der Waals surface area contributed by atoms with Crippen LogP contribution in [0.15, 0.2) is 0 Å². The summed E-state index contributed by atoms with van der Waals surface area (Å²) in [6.07, 6.45) is 5.22. The Bertz CT molecular complexity index is 488. The van der Waals surface area contributed by atoms with Crippen LogP contribution in [0.1, 0.15) is 58.8 Å². The first-order valence-corrected chi connectivity index (χ1v) is 9.91. The third-order valence-corrected chi connectivity index (χ3v) is 5.49. The van der Waals surface area contributed by atoms with Gasteiger partial charge in [-0.1, -0.05) is 6.42 Å². The molecular weight excluding hydrogens is 304 g/mol. The van der Waals surface area contributed by atoms with Crippen molar-refractivity contribution >= 4 is 21.7 Å². The van der Waals surface area contributed by atoms with Gasteiger partial charge in [-0.2, -0.15) is 0 Å². The van der Waals surface area contributed by atoms with Crippen molar-refractivity contribution in [3.05, 3.63) is 0 Å². The molecule has 0 bridgehead atoms. The molecule has 2 N–H and O–H groups in total. The average molecular weight is 332 g/mol. The molecule has 7 heteroatoms. The minimum Gasteiger partial charge on any atom is -0.354 e. The summed E-state index contributed by atoms with van der Waals surface area (Å²) in [5.41, 5.74) is 0. The molecule has 128 valence electrons. The van der Waals surface area contributed by atoms with Crippen molar-refractivity contribution in [1.82, 2.24) is 10.6 Å². The summed E-state index contributed by atoms with van der Waals surface area (Å²) in [6, 6.07) is 0.0435. The minimum atomic E-state index is -3.04. The van der Waals surface area contributed by atoms with Gasteiger partial charge in [0.05, 0.1) is 5.25 Å². The summed E-state index contributed by atoms with van der Waals surface area (Å²) < 4.78 is 23.2. The predicted octanol–water partition coefficient (Wildman–Crippen LogP) is 1.15. The van der Waals surface area contributed by atoms with E-state index in [-0.39, 0.29) is 29.1 Å². The van der Waals surface area contributed by atoms with E-state index in [0.29, 0.717) is 32.1 Å². The van der Waals surface area contributed by atoms with Crippen LogP contribution in [0.5, 0.6) is 0 Å². The van der Waals surface area contributed by atoms with Crippen molar-refractivity contribution < 1.29 is 18.0 Å². The van der Waals surface area contributed by atoms with E-state index >= 15 is 0 Å². The van der Waals surface area contributed by atoms with E-state index in [9.17, 15) is 18.0 Å². The fourth-order valence-electron chi connectivity index (χ4n) is 2.77. The largest absolute Gasteiger partial charge is 0.354 e. The minimum absolute atomic E-state index is 0.0439. The van der Waals surface area contributed by atoms with Gasteiger partial charge >= 0.3 is 0 Å². The smallest absolute Gasteiger partial charge is 0.220 e. The van der Waals surface area contributed by atoms with E-state index in [1.165, 1.54) is 6.26 Å². The summed E-state index contributed by atoms with van der Waals surface area (Å²) in [4.78, 5) is 23.3. The van der Waals surface area contributed by atoms with Gasteiger partial charge in [0.15, 0.2) is 0 Å². The van der Waals surface area contributed by atoms with Gasteiger partial charge in [-0.05, 0) is 39.5 Å². The molecule has 1 aliphatic carbocycles. The van der Waals surface area contributed by atoms with E-state index in [2.05, 4.69) is 10.6 Å². The van der Waals surface area contributed by atoms with Gasteiger partial charge in [0.1, 0.15) is 9.84 Å². The van der Waals surface area contributed by atoms with Crippen LogP contribution < -0.4 is 10.6 Å². The number of rotatable bonds is 7. The third kappa shape index (κ3) is 7.24. The van der Waals surface area contributed by atoms with Gasteiger partial charge in [-0.25, -0.2) is 8.42 Å². The van der Waals surface area contributed by atoms with E-state index in [4.69, 9.17) is 0 Å². The highest BCUT2D eigenvalue weighted by Gasteiger charge is 2.29. The van der Waals surface area contributed by atoms with Crippen molar-refractivity contribution in [3.8, 4) is 0 Å². The molecule has 2 amide bonds. The zero-order valence-electron chi connectivity index (χ0n) is 13.7. The number of carbonyl (C=O) groups is 2. The molecule has 22 heavy (non-hydrogen) atoms. The second kappa shape index (κ2) is 8.50. The lowest BCUT2D eigenvalue weighted by molar-refractivity contribution is -0.123. The van der Waals surface area contributed by atoms with Gasteiger partial charge in [-0.3, -0.25) is 9.59 Å². The molecule has 0 spiro atoms. The molecule has 1 aliphatic rings. The van der Waals surface area contributed by atoms with Gasteiger partial charge in [-0.15, -0.1) is 0 Å². The predicted molar refractivity (Wildman–Crippen MR) is 86.2 cm³/mol. The zero-order valence-corrected chi connectivity index (χ0v) is 14.5. The summed E-state index contributed by atoms with van der Waals surface area (Å²) in [5.74, 6) is -0.144. The third-order valence-electron chi connectivity index (χ3n) is 3.85. The van der Waals surface area contributed by atoms with Crippen molar-refractivity contribution in [1.29, 1.82) is 0 Å². The van der Waals surface area contributed by atoms with Crippen LogP contribution >= 0.6 is 0 Å². The highest BCUT2D eigenvalue weighted by molar-refractivity contribution is 7.91. The molecule has 0 saturated heterocycles. The Morgan fingerprint density at radius 3 is 2.36 bits per heavy atom. The van der Waals surface area contributed by atoms with E-state index in [1.54, 1.807) is 0 Å². The first-order chi connectivity index (χ1) is 10.2. The van der Waals surface area contributed by atoms with Crippen LogP contribution in [0.3, 0.4) is 0 Å². The molecule has 0 radical (unpaired) electrons. The number of carbonyl (C=O) groups excluding carboxylic acids is 2. The first-order valence-electron chi connectivity index (χ1n) is 7.96. The van der Waals surface area contributed by atoms with E-state index < -0.39 is 9.84 Å². The first kappa shape index (κ1) is 18.9. The SMILES string of the molecule is CC(C)NC(=O)CCCC(=O)N[C@H]1CCC[C@@H](S(C)(=O)=O)C1. The summed E-state index contributed by atoms with van der Waals surface area (Å²) in [7, 11) is -3.04. The maximum atomic E-state index is 11.9. The molecular formula is C15H28N2O4S. The van der Waals surface area contributed by atoms with Gasteiger partial charge in [0, 0.05) is 31.2 Å². The molecule has 1 rings (SSSR count). The molecule has 0 aromatic rings. The van der Waals surface area contributed by atoms with Crippen LogP contribution in [0.4, 0.5) is 0 Å². The van der Waals surface area contributed by atoms with Crippen molar-refractivity contribution in [2.24, 2.45) is 0 Å². The van der Waals surface area contributed by atoms with E-state index in [0.717, 1.165) is 12.8 Å². The summed E-state index contributed by atoms with van der Waals surface area (Å²) in [6.45, 7) is 3.79. The van der Waals surface area contributed by atoms with Crippen LogP contribution in [0.25, 0.3) is 0 Å². The van der Waals surface area contributed by atoms with Crippen molar-refractivity contribution in [3.63, 3.8) is 0 Å². The topological polar surface area (TPSA) is 92.3 Å². The second-order valence-electron chi connectivity index (χ2n) is 6.46. The molecule has 0 aliphatic heterocycles. The van der Waals surface area contributed by atoms with Crippen molar-refractivity contribution in [2.75, 3.05) is 6.26 Å².